The van der Waals surface area contributed by atoms with Crippen molar-refractivity contribution in [3.63, 3.8) is 0 Å². The highest BCUT2D eigenvalue weighted by molar-refractivity contribution is 7.80. The second kappa shape index (κ2) is 7.91. The predicted octanol–water partition coefficient (Wildman–Crippen LogP) is 5.20. The Morgan fingerprint density at radius 1 is 0.882 bits per heavy atom. The Kier molecular flexibility index (Phi) is 4.96. The van der Waals surface area contributed by atoms with Gasteiger partial charge < -0.3 is 25.6 Å². The van der Waals surface area contributed by atoms with Gasteiger partial charge in [-0.25, -0.2) is 0 Å². The molecule has 1 aliphatic carbocycles. The molecule has 174 valence electrons. The van der Waals surface area contributed by atoms with E-state index in [0.29, 0.717) is 16.8 Å². The Bertz CT molecular complexity index is 1240. The number of phenols is 2. The second-order valence-electron chi connectivity index (χ2n) is 9.91. The Morgan fingerprint density at radius 3 is 2.24 bits per heavy atom. The Balaban J connectivity index is 1.58. The first-order valence-electron chi connectivity index (χ1n) is 11.9. The normalized spacial score (nSPS) is 31.7. The zero-order valence-electron chi connectivity index (χ0n) is 18.9. The number of rotatable bonds is 2. The smallest absolute Gasteiger partial charge is 0.200 e. The molecule has 0 bridgehead atoms. The van der Waals surface area contributed by atoms with Gasteiger partial charge in [0.25, 0.3) is 0 Å². The molecule has 3 aromatic rings. The number of ether oxygens (including phenoxy) is 1. The van der Waals surface area contributed by atoms with E-state index in [1.54, 1.807) is 6.07 Å². The van der Waals surface area contributed by atoms with E-state index in [0.717, 1.165) is 29.5 Å². The summed E-state index contributed by atoms with van der Waals surface area (Å²) in [5.41, 5.74) is 2.40. The Morgan fingerprint density at radius 2 is 1.53 bits per heavy atom. The largest absolute Gasteiger partial charge is 0.504 e. The van der Waals surface area contributed by atoms with Gasteiger partial charge in [0.1, 0.15) is 0 Å². The van der Waals surface area contributed by atoms with Crippen LogP contribution in [0.5, 0.6) is 17.2 Å². The summed E-state index contributed by atoms with van der Waals surface area (Å²) in [6.07, 6.45) is 1.89. The zero-order chi connectivity index (χ0) is 23.4. The quantitative estimate of drug-likeness (QED) is 0.304. The maximum atomic E-state index is 10.9. The van der Waals surface area contributed by atoms with Gasteiger partial charge >= 0.3 is 0 Å². The summed E-state index contributed by atoms with van der Waals surface area (Å²) in [5.74, 6) is 0.526. The maximum Gasteiger partial charge on any atom is 0.200 e. The highest BCUT2D eigenvalue weighted by atomic mass is 32.1. The average molecular weight is 473 g/mol. The first-order valence-corrected chi connectivity index (χ1v) is 12.3. The second-order valence-corrected chi connectivity index (χ2v) is 10.3. The molecule has 34 heavy (non-hydrogen) atoms. The van der Waals surface area contributed by atoms with Gasteiger partial charge in [-0.1, -0.05) is 73.7 Å². The molecule has 0 aromatic heterocycles. The lowest BCUT2D eigenvalue weighted by molar-refractivity contribution is -0.133. The Labute approximate surface area is 204 Å². The molecule has 3 aliphatic rings. The highest BCUT2D eigenvalue weighted by Crippen LogP contribution is 2.61. The topological polar surface area (TPSA) is 73.8 Å². The number of hydrogen-bond donors (Lipinski definition) is 4. The summed E-state index contributed by atoms with van der Waals surface area (Å²) in [5, 5.41) is 28.9. The molecule has 2 fully saturated rings. The number of phenolic OH excluding ortho intramolecular Hbond substituents is 2. The van der Waals surface area contributed by atoms with Crippen LogP contribution in [0.25, 0.3) is 0 Å². The van der Waals surface area contributed by atoms with Crippen molar-refractivity contribution in [2.24, 2.45) is 17.8 Å². The van der Waals surface area contributed by atoms with Crippen molar-refractivity contribution in [3.05, 3.63) is 89.5 Å². The lowest BCUT2D eigenvalue weighted by atomic mass is 9.58. The van der Waals surface area contributed by atoms with Crippen molar-refractivity contribution >= 4 is 17.3 Å². The minimum Gasteiger partial charge on any atom is -0.504 e. The molecule has 1 spiro atoms. The molecule has 2 aliphatic heterocycles. The van der Waals surface area contributed by atoms with Crippen LogP contribution in [0.3, 0.4) is 0 Å². The highest BCUT2D eigenvalue weighted by Gasteiger charge is 2.62. The summed E-state index contributed by atoms with van der Waals surface area (Å²) in [6.45, 7) is 2.31. The molecule has 0 amide bonds. The summed E-state index contributed by atoms with van der Waals surface area (Å²) < 4.78 is 6.81. The molecule has 0 radical (unpaired) electrons. The molecule has 3 aromatic carbocycles. The van der Waals surface area contributed by atoms with Crippen LogP contribution in [0.4, 0.5) is 0 Å². The molecule has 0 unspecified atom stereocenters. The van der Waals surface area contributed by atoms with Crippen molar-refractivity contribution in [2.75, 3.05) is 0 Å². The molecule has 1 saturated heterocycles. The maximum absolute atomic E-state index is 10.9. The Hall–Kier alpha value is -3.25. The van der Waals surface area contributed by atoms with E-state index in [1.807, 2.05) is 30.3 Å². The summed E-state index contributed by atoms with van der Waals surface area (Å²) in [7, 11) is 0. The monoisotopic (exact) mass is 472 g/mol. The molecule has 4 N–H and O–H groups in total. The standard InChI is InChI=1S/C28H28N2O3S/c1-16-14-20-23(17-8-4-2-5-9-17)19-12-13-22(31)25(32)26(19)33-28(20)21(15-16)24(29-27(34)30-28)18-10-6-3-7-11-18/h2-13,16,20-21,23-24,31-32H,14-15H2,1H3,(H2,29,30,34)/t16-,20+,21+,23-,24-,28+/m0/s1. The van der Waals surface area contributed by atoms with Crippen LogP contribution in [0, 0.1) is 17.8 Å². The van der Waals surface area contributed by atoms with E-state index in [-0.39, 0.29) is 35.3 Å². The third-order valence-electron chi connectivity index (χ3n) is 7.88. The van der Waals surface area contributed by atoms with E-state index < -0.39 is 5.72 Å². The zero-order valence-corrected chi connectivity index (χ0v) is 19.8. The van der Waals surface area contributed by atoms with Crippen molar-refractivity contribution in [1.29, 1.82) is 0 Å². The fourth-order valence-electron chi connectivity index (χ4n) is 6.54. The predicted molar refractivity (Wildman–Crippen MR) is 135 cm³/mol. The van der Waals surface area contributed by atoms with E-state index in [2.05, 4.69) is 54.0 Å². The van der Waals surface area contributed by atoms with Crippen LogP contribution in [0.1, 0.15) is 48.4 Å². The van der Waals surface area contributed by atoms with Gasteiger partial charge in [-0.3, -0.25) is 0 Å². The third-order valence-corrected chi connectivity index (χ3v) is 8.10. The first kappa shape index (κ1) is 21.3. The molecule has 6 heteroatoms. The number of fused-ring (bicyclic) bond motifs is 1. The number of benzene rings is 3. The average Bonchev–Trinajstić information content (AvgIpc) is 2.85. The lowest BCUT2D eigenvalue weighted by Gasteiger charge is -2.60. The number of aromatic hydroxyl groups is 2. The van der Waals surface area contributed by atoms with Crippen LogP contribution in [0.2, 0.25) is 0 Å². The number of nitrogens with one attached hydrogen (secondary N) is 2. The van der Waals surface area contributed by atoms with Gasteiger partial charge in [0.2, 0.25) is 5.75 Å². The van der Waals surface area contributed by atoms with Gasteiger partial charge in [0.15, 0.2) is 22.3 Å². The number of thiocarbonyl (C=S) groups is 1. The molecular formula is C28H28N2O3S. The number of hydrogen-bond acceptors (Lipinski definition) is 4. The molecule has 1 saturated carbocycles. The SMILES string of the molecule is C[C@H]1C[C@@H]2[C@@H](c3ccccc3)c3ccc(O)c(O)c3O[C@]23NC(=S)N[C@@H](c2ccccc2)[C@H]3C1. The van der Waals surface area contributed by atoms with Gasteiger partial charge in [-0.05, 0) is 48.2 Å². The van der Waals surface area contributed by atoms with Gasteiger partial charge in [-0.15, -0.1) is 0 Å². The van der Waals surface area contributed by atoms with Crippen LogP contribution in [-0.2, 0) is 0 Å². The molecule has 6 atom stereocenters. The molecule has 2 heterocycles. The van der Waals surface area contributed by atoms with Crippen LogP contribution in [-0.4, -0.2) is 21.1 Å². The van der Waals surface area contributed by atoms with E-state index in [9.17, 15) is 10.2 Å². The molecule has 5 nitrogen and oxygen atoms in total. The van der Waals surface area contributed by atoms with Crippen molar-refractivity contribution in [1.82, 2.24) is 10.6 Å². The van der Waals surface area contributed by atoms with Crippen LogP contribution < -0.4 is 15.4 Å². The lowest BCUT2D eigenvalue weighted by Crippen LogP contribution is -2.74. The fourth-order valence-corrected chi connectivity index (χ4v) is 6.82. The molecule has 6 rings (SSSR count). The van der Waals surface area contributed by atoms with Gasteiger partial charge in [-0.2, -0.15) is 0 Å². The minimum atomic E-state index is -0.825. The van der Waals surface area contributed by atoms with Crippen molar-refractivity contribution < 1.29 is 14.9 Å². The van der Waals surface area contributed by atoms with Crippen molar-refractivity contribution in [2.45, 2.75) is 37.5 Å². The molecular weight excluding hydrogens is 444 g/mol. The van der Waals surface area contributed by atoms with E-state index in [4.69, 9.17) is 17.0 Å². The van der Waals surface area contributed by atoms with Gasteiger partial charge in [0, 0.05) is 23.3 Å². The summed E-state index contributed by atoms with van der Waals surface area (Å²) in [4.78, 5) is 0. The minimum absolute atomic E-state index is 0.0217. The third kappa shape index (κ3) is 3.16. The van der Waals surface area contributed by atoms with Crippen molar-refractivity contribution in [3.8, 4) is 17.2 Å². The van der Waals surface area contributed by atoms with Crippen LogP contribution in [0.15, 0.2) is 72.8 Å². The van der Waals surface area contributed by atoms with Crippen LogP contribution >= 0.6 is 12.2 Å². The summed E-state index contributed by atoms with van der Waals surface area (Å²) in [6, 6.07) is 24.2. The van der Waals surface area contributed by atoms with E-state index >= 15 is 0 Å². The first-order chi connectivity index (χ1) is 16.5. The van der Waals surface area contributed by atoms with E-state index in [1.165, 1.54) is 0 Å². The summed E-state index contributed by atoms with van der Waals surface area (Å²) >= 11 is 5.74. The van der Waals surface area contributed by atoms with Gasteiger partial charge in [0.05, 0.1) is 6.04 Å². The fraction of sp³-hybridized carbons (Fsp3) is 0.321.